The molecule has 17 heavy (non-hydrogen) atoms. The van der Waals surface area contributed by atoms with E-state index in [1.807, 2.05) is 0 Å². The molecule has 1 aromatic rings. The summed E-state index contributed by atoms with van der Waals surface area (Å²) in [7, 11) is 0. The first-order valence-corrected chi connectivity index (χ1v) is 5.36. The maximum Gasteiger partial charge on any atom is 0.391 e. The van der Waals surface area contributed by atoms with E-state index in [0.29, 0.717) is 5.56 Å². The second kappa shape index (κ2) is 4.43. The first kappa shape index (κ1) is 12.0. The molecule has 94 valence electrons. The smallest absolute Gasteiger partial charge is 0.391 e. The average molecular weight is 247 g/mol. The second-order valence-electron chi connectivity index (χ2n) is 4.12. The van der Waals surface area contributed by atoms with Gasteiger partial charge in [-0.15, -0.1) is 0 Å². The van der Waals surface area contributed by atoms with Crippen molar-refractivity contribution < 1.29 is 22.4 Å². The molecule has 0 aromatic carbocycles. The molecule has 1 saturated heterocycles. The SMILES string of the molecule is O=C(c1ccoc1)N1CCC(C(F)(F)F)CC1. The Morgan fingerprint density at radius 3 is 2.47 bits per heavy atom. The quantitative estimate of drug-likeness (QED) is 0.764. The van der Waals surface area contributed by atoms with Crippen LogP contribution in [0.2, 0.25) is 0 Å². The molecule has 0 saturated carbocycles. The minimum atomic E-state index is -4.15. The van der Waals surface area contributed by atoms with Crippen LogP contribution < -0.4 is 0 Å². The summed E-state index contributed by atoms with van der Waals surface area (Å²) in [6.45, 7) is 0.294. The number of likely N-dealkylation sites (tertiary alicyclic amines) is 1. The Labute approximate surface area is 96.2 Å². The highest BCUT2D eigenvalue weighted by Crippen LogP contribution is 2.34. The van der Waals surface area contributed by atoms with Gasteiger partial charge in [-0.25, -0.2) is 0 Å². The standard InChI is InChI=1S/C11H12F3NO2/c12-11(13,14)9-1-4-15(5-2-9)10(16)8-3-6-17-7-8/h3,6-7,9H,1-2,4-5H2. The number of carbonyl (C=O) groups is 1. The third-order valence-corrected chi connectivity index (χ3v) is 3.01. The molecule has 6 heteroatoms. The van der Waals surface area contributed by atoms with Gasteiger partial charge in [-0.05, 0) is 18.9 Å². The molecule has 2 rings (SSSR count). The number of carbonyl (C=O) groups excluding carboxylic acids is 1. The van der Waals surface area contributed by atoms with Crippen molar-refractivity contribution in [2.75, 3.05) is 13.1 Å². The van der Waals surface area contributed by atoms with Crippen LogP contribution in [0.3, 0.4) is 0 Å². The first-order chi connectivity index (χ1) is 7.98. The van der Waals surface area contributed by atoms with Crippen molar-refractivity contribution in [3.8, 4) is 0 Å². The highest BCUT2D eigenvalue weighted by molar-refractivity contribution is 5.93. The second-order valence-corrected chi connectivity index (χ2v) is 4.12. The Morgan fingerprint density at radius 1 is 1.35 bits per heavy atom. The predicted molar refractivity (Wildman–Crippen MR) is 53.4 cm³/mol. The number of furan rings is 1. The lowest BCUT2D eigenvalue weighted by atomic mass is 9.96. The third-order valence-electron chi connectivity index (χ3n) is 3.01. The Bertz CT molecular complexity index is 378. The number of amides is 1. The maximum absolute atomic E-state index is 12.4. The number of hydrogen-bond acceptors (Lipinski definition) is 2. The summed E-state index contributed by atoms with van der Waals surface area (Å²) in [4.78, 5) is 13.2. The van der Waals surface area contributed by atoms with Gasteiger partial charge in [0.15, 0.2) is 0 Å². The van der Waals surface area contributed by atoms with Crippen LogP contribution in [0.25, 0.3) is 0 Å². The third kappa shape index (κ3) is 2.62. The molecule has 1 fully saturated rings. The summed E-state index contributed by atoms with van der Waals surface area (Å²) in [6, 6.07) is 1.51. The summed E-state index contributed by atoms with van der Waals surface area (Å²) in [6.07, 6.45) is -1.52. The van der Waals surface area contributed by atoms with Crippen LogP contribution in [0.4, 0.5) is 13.2 Å². The molecule has 1 amide bonds. The van der Waals surface area contributed by atoms with Crippen molar-refractivity contribution in [3.05, 3.63) is 24.2 Å². The van der Waals surface area contributed by atoms with Gasteiger partial charge in [0, 0.05) is 13.1 Å². The normalized spacial score (nSPS) is 18.4. The lowest BCUT2D eigenvalue weighted by Crippen LogP contribution is -2.42. The molecule has 0 aliphatic carbocycles. The van der Waals surface area contributed by atoms with Gasteiger partial charge < -0.3 is 9.32 Å². The lowest BCUT2D eigenvalue weighted by Gasteiger charge is -2.32. The fourth-order valence-corrected chi connectivity index (χ4v) is 1.98. The van der Waals surface area contributed by atoms with E-state index in [1.54, 1.807) is 0 Å². The zero-order valence-corrected chi connectivity index (χ0v) is 9.04. The van der Waals surface area contributed by atoms with Gasteiger partial charge in [0.25, 0.3) is 5.91 Å². The van der Waals surface area contributed by atoms with E-state index in [0.717, 1.165) is 0 Å². The van der Waals surface area contributed by atoms with Gasteiger partial charge >= 0.3 is 6.18 Å². The average Bonchev–Trinajstić information content (AvgIpc) is 2.80. The van der Waals surface area contributed by atoms with Gasteiger partial charge in [-0.3, -0.25) is 4.79 Å². The Morgan fingerprint density at radius 2 is 2.00 bits per heavy atom. The van der Waals surface area contributed by atoms with Crippen LogP contribution in [-0.2, 0) is 0 Å². The first-order valence-electron chi connectivity index (χ1n) is 5.36. The summed E-state index contributed by atoms with van der Waals surface area (Å²) in [5.74, 6) is -1.55. The molecule has 0 unspecified atom stereocenters. The molecule has 0 N–H and O–H groups in total. The number of halogens is 3. The van der Waals surface area contributed by atoms with Crippen LogP contribution in [0.5, 0.6) is 0 Å². The number of rotatable bonds is 1. The Kier molecular flexibility index (Phi) is 3.13. The fraction of sp³-hybridized carbons (Fsp3) is 0.545. The van der Waals surface area contributed by atoms with Crippen molar-refractivity contribution in [3.63, 3.8) is 0 Å². The molecule has 1 aliphatic rings. The minimum absolute atomic E-state index is 0.0207. The number of alkyl halides is 3. The van der Waals surface area contributed by atoms with Gasteiger partial charge in [0.05, 0.1) is 17.7 Å². The highest BCUT2D eigenvalue weighted by atomic mass is 19.4. The van der Waals surface area contributed by atoms with Gasteiger partial charge in [-0.2, -0.15) is 13.2 Å². The molecular weight excluding hydrogens is 235 g/mol. The van der Waals surface area contributed by atoms with Crippen LogP contribution >= 0.6 is 0 Å². The van der Waals surface area contributed by atoms with Crippen LogP contribution in [-0.4, -0.2) is 30.1 Å². The molecule has 0 spiro atoms. The summed E-state index contributed by atoms with van der Waals surface area (Å²) >= 11 is 0. The highest BCUT2D eigenvalue weighted by Gasteiger charge is 2.41. The van der Waals surface area contributed by atoms with E-state index < -0.39 is 12.1 Å². The molecular formula is C11H12F3NO2. The van der Waals surface area contributed by atoms with E-state index >= 15 is 0 Å². The molecule has 1 aliphatic heterocycles. The van der Waals surface area contributed by atoms with Gasteiger partial charge in [0.2, 0.25) is 0 Å². The fourth-order valence-electron chi connectivity index (χ4n) is 1.98. The lowest BCUT2D eigenvalue weighted by molar-refractivity contribution is -0.183. The zero-order chi connectivity index (χ0) is 12.5. The summed E-state index contributed by atoms with van der Waals surface area (Å²) in [5.41, 5.74) is 0.385. The molecule has 0 bridgehead atoms. The van der Waals surface area contributed by atoms with Gasteiger partial charge in [0.1, 0.15) is 6.26 Å². The minimum Gasteiger partial charge on any atom is -0.472 e. The van der Waals surface area contributed by atoms with E-state index in [1.165, 1.54) is 23.5 Å². The van der Waals surface area contributed by atoms with Crippen molar-refractivity contribution in [2.24, 2.45) is 5.92 Å². The topological polar surface area (TPSA) is 33.5 Å². The van der Waals surface area contributed by atoms with Crippen LogP contribution in [0.15, 0.2) is 23.0 Å². The van der Waals surface area contributed by atoms with Crippen molar-refractivity contribution in [1.82, 2.24) is 4.90 Å². The molecule has 3 nitrogen and oxygen atoms in total. The van der Waals surface area contributed by atoms with E-state index in [4.69, 9.17) is 4.42 Å². The van der Waals surface area contributed by atoms with Crippen molar-refractivity contribution in [2.45, 2.75) is 19.0 Å². The predicted octanol–water partition coefficient (Wildman–Crippen LogP) is 2.69. The number of piperidine rings is 1. The van der Waals surface area contributed by atoms with E-state index in [9.17, 15) is 18.0 Å². The molecule has 0 radical (unpaired) electrons. The van der Waals surface area contributed by atoms with Crippen LogP contribution in [0, 0.1) is 5.92 Å². The van der Waals surface area contributed by atoms with Crippen molar-refractivity contribution in [1.29, 1.82) is 0 Å². The molecule has 0 atom stereocenters. The van der Waals surface area contributed by atoms with E-state index in [-0.39, 0.29) is 31.8 Å². The summed E-state index contributed by atoms with van der Waals surface area (Å²) in [5, 5.41) is 0. The van der Waals surface area contributed by atoms with E-state index in [2.05, 4.69) is 0 Å². The van der Waals surface area contributed by atoms with Crippen molar-refractivity contribution >= 4 is 5.91 Å². The molecule has 2 heterocycles. The largest absolute Gasteiger partial charge is 0.472 e. The monoisotopic (exact) mass is 247 g/mol. The Balaban J connectivity index is 1.94. The van der Waals surface area contributed by atoms with Gasteiger partial charge in [-0.1, -0.05) is 0 Å². The molecule has 1 aromatic heterocycles. The number of hydrogen-bond donors (Lipinski definition) is 0. The maximum atomic E-state index is 12.4. The zero-order valence-electron chi connectivity index (χ0n) is 9.04. The Hall–Kier alpha value is -1.46. The number of nitrogens with zero attached hydrogens (tertiary/aromatic N) is 1. The van der Waals surface area contributed by atoms with Crippen LogP contribution in [0.1, 0.15) is 23.2 Å². The summed E-state index contributed by atoms with van der Waals surface area (Å²) < 4.78 is 42.0.